The van der Waals surface area contributed by atoms with Gasteiger partial charge in [0.05, 0.1) is 7.11 Å². The van der Waals surface area contributed by atoms with Crippen LogP contribution in [0.1, 0.15) is 16.2 Å². The first kappa shape index (κ1) is 14.0. The number of rotatable bonds is 5. The maximum Gasteiger partial charge on any atom is 0.376 e. The minimum Gasteiger partial charge on any atom is -0.463 e. The average molecular weight is 273 g/mol. The van der Waals surface area contributed by atoms with E-state index < -0.39 is 5.97 Å². The van der Waals surface area contributed by atoms with E-state index in [1.807, 2.05) is 31.3 Å². The molecule has 6 nitrogen and oxygen atoms in total. The lowest BCUT2D eigenvalue weighted by molar-refractivity contribution is 0.0585. The summed E-state index contributed by atoms with van der Waals surface area (Å²) in [5.74, 6) is 0.310. The van der Waals surface area contributed by atoms with Crippen molar-refractivity contribution < 1.29 is 14.3 Å². The summed E-state index contributed by atoms with van der Waals surface area (Å²) in [4.78, 5) is 19.2. The number of nitrogens with zero attached hydrogens (tertiary/aromatic N) is 2. The molecule has 2 rings (SSSR count). The van der Waals surface area contributed by atoms with Crippen molar-refractivity contribution >= 4 is 5.97 Å². The van der Waals surface area contributed by atoms with Crippen molar-refractivity contribution in [2.45, 2.75) is 6.54 Å². The number of benzene rings is 1. The Morgan fingerprint density at radius 1 is 1.35 bits per heavy atom. The normalized spacial score (nSPS) is 10.1. The highest BCUT2D eigenvalue weighted by Gasteiger charge is 2.10. The Labute approximate surface area is 116 Å². The Balaban J connectivity index is 2.17. The molecule has 0 saturated carbocycles. The standard InChI is InChI=1S/C14H15N3O3/c1-15-9-10-4-3-5-11(8-10)20-12-6-7-16-13(17-12)14(18)19-2/h3-8,15H,9H2,1-2H3. The van der Waals surface area contributed by atoms with Crippen LogP contribution < -0.4 is 10.1 Å². The van der Waals surface area contributed by atoms with Crippen LogP contribution >= 0.6 is 0 Å². The van der Waals surface area contributed by atoms with Crippen molar-refractivity contribution in [1.82, 2.24) is 15.3 Å². The smallest absolute Gasteiger partial charge is 0.376 e. The van der Waals surface area contributed by atoms with Gasteiger partial charge in [-0.3, -0.25) is 0 Å². The predicted molar refractivity (Wildman–Crippen MR) is 72.7 cm³/mol. The Kier molecular flexibility index (Phi) is 4.62. The van der Waals surface area contributed by atoms with Crippen LogP contribution in [-0.4, -0.2) is 30.1 Å². The van der Waals surface area contributed by atoms with E-state index in [1.54, 1.807) is 6.07 Å². The number of methoxy groups -OCH3 is 1. The lowest BCUT2D eigenvalue weighted by Crippen LogP contribution is -2.07. The van der Waals surface area contributed by atoms with Crippen molar-refractivity contribution in [3.8, 4) is 11.6 Å². The summed E-state index contributed by atoms with van der Waals surface area (Å²) >= 11 is 0. The average Bonchev–Trinajstić information content (AvgIpc) is 2.47. The number of hydrogen-bond donors (Lipinski definition) is 1. The van der Waals surface area contributed by atoms with Gasteiger partial charge in [-0.25, -0.2) is 9.78 Å². The second-order valence-corrected chi connectivity index (χ2v) is 3.99. The Hall–Kier alpha value is -2.47. The van der Waals surface area contributed by atoms with Crippen LogP contribution in [0.2, 0.25) is 0 Å². The van der Waals surface area contributed by atoms with Gasteiger partial charge in [0.1, 0.15) is 5.75 Å². The van der Waals surface area contributed by atoms with Gasteiger partial charge in [0.15, 0.2) is 0 Å². The molecule has 1 heterocycles. The number of esters is 1. The van der Waals surface area contributed by atoms with Gasteiger partial charge >= 0.3 is 5.97 Å². The number of carbonyl (C=O) groups is 1. The van der Waals surface area contributed by atoms with E-state index in [9.17, 15) is 4.79 Å². The SMILES string of the molecule is CNCc1cccc(Oc2ccnc(C(=O)OC)n2)c1. The fraction of sp³-hybridized carbons (Fsp3) is 0.214. The van der Waals surface area contributed by atoms with Gasteiger partial charge in [0.2, 0.25) is 11.7 Å². The summed E-state index contributed by atoms with van der Waals surface area (Å²) in [5, 5.41) is 3.06. The first-order chi connectivity index (χ1) is 9.72. The molecule has 104 valence electrons. The quantitative estimate of drug-likeness (QED) is 0.837. The molecule has 0 aliphatic rings. The topological polar surface area (TPSA) is 73.3 Å². The minimum atomic E-state index is -0.598. The molecule has 0 aliphatic carbocycles. The lowest BCUT2D eigenvalue weighted by Gasteiger charge is -2.07. The minimum absolute atomic E-state index is 0.0311. The zero-order valence-corrected chi connectivity index (χ0v) is 11.3. The first-order valence-electron chi connectivity index (χ1n) is 6.05. The lowest BCUT2D eigenvalue weighted by atomic mass is 10.2. The Bertz CT molecular complexity index is 602. The van der Waals surface area contributed by atoms with Crippen molar-refractivity contribution in [2.24, 2.45) is 0 Å². The zero-order valence-electron chi connectivity index (χ0n) is 11.3. The van der Waals surface area contributed by atoms with E-state index in [0.29, 0.717) is 11.6 Å². The predicted octanol–water partition coefficient (Wildman–Crippen LogP) is 1.77. The molecule has 0 saturated heterocycles. The highest BCUT2D eigenvalue weighted by atomic mass is 16.5. The highest BCUT2D eigenvalue weighted by molar-refractivity contribution is 5.84. The molecule has 0 spiro atoms. The molecule has 6 heteroatoms. The molecule has 1 N–H and O–H groups in total. The maximum atomic E-state index is 11.3. The van der Waals surface area contributed by atoms with Gasteiger partial charge in [0.25, 0.3) is 0 Å². The van der Waals surface area contributed by atoms with E-state index in [2.05, 4.69) is 20.0 Å². The molecule has 0 radical (unpaired) electrons. The summed E-state index contributed by atoms with van der Waals surface area (Å²) in [6.07, 6.45) is 1.45. The van der Waals surface area contributed by atoms with Crippen molar-refractivity contribution in [3.63, 3.8) is 0 Å². The molecular weight excluding hydrogens is 258 g/mol. The molecule has 0 atom stereocenters. The van der Waals surface area contributed by atoms with E-state index in [-0.39, 0.29) is 5.82 Å². The van der Waals surface area contributed by atoms with Crippen LogP contribution in [-0.2, 0) is 11.3 Å². The Morgan fingerprint density at radius 3 is 2.95 bits per heavy atom. The maximum absolute atomic E-state index is 11.3. The molecule has 0 amide bonds. The summed E-state index contributed by atoms with van der Waals surface area (Å²) < 4.78 is 10.2. The third kappa shape index (κ3) is 3.52. The third-order valence-electron chi connectivity index (χ3n) is 2.50. The molecule has 1 aromatic heterocycles. The van der Waals surface area contributed by atoms with Gasteiger partial charge < -0.3 is 14.8 Å². The molecular formula is C14H15N3O3. The summed E-state index contributed by atoms with van der Waals surface area (Å²) in [6, 6.07) is 9.18. The van der Waals surface area contributed by atoms with Crippen molar-refractivity contribution in [2.75, 3.05) is 14.2 Å². The Morgan fingerprint density at radius 2 is 2.20 bits per heavy atom. The number of ether oxygens (including phenoxy) is 2. The molecule has 1 aromatic carbocycles. The monoisotopic (exact) mass is 273 g/mol. The number of carbonyl (C=O) groups excluding carboxylic acids is 1. The molecule has 20 heavy (non-hydrogen) atoms. The molecule has 0 bridgehead atoms. The van der Waals surface area contributed by atoms with Gasteiger partial charge in [-0.1, -0.05) is 12.1 Å². The molecule has 0 fully saturated rings. The molecule has 2 aromatic rings. The number of aromatic nitrogens is 2. The largest absolute Gasteiger partial charge is 0.463 e. The van der Waals surface area contributed by atoms with E-state index in [1.165, 1.54) is 13.3 Å². The second kappa shape index (κ2) is 6.63. The van der Waals surface area contributed by atoms with Crippen molar-refractivity contribution in [1.29, 1.82) is 0 Å². The number of hydrogen-bond acceptors (Lipinski definition) is 6. The molecule has 0 unspecified atom stereocenters. The number of nitrogens with one attached hydrogen (secondary N) is 1. The van der Waals surface area contributed by atoms with Gasteiger partial charge in [-0.15, -0.1) is 0 Å². The fourth-order valence-corrected chi connectivity index (χ4v) is 1.63. The summed E-state index contributed by atoms with van der Waals surface area (Å²) in [6.45, 7) is 0.744. The van der Waals surface area contributed by atoms with Crippen LogP contribution in [0.25, 0.3) is 0 Å². The van der Waals surface area contributed by atoms with Gasteiger partial charge in [-0.05, 0) is 24.7 Å². The van der Waals surface area contributed by atoms with Gasteiger partial charge in [-0.2, -0.15) is 4.98 Å². The van der Waals surface area contributed by atoms with Crippen LogP contribution in [0.5, 0.6) is 11.6 Å². The summed E-state index contributed by atoms with van der Waals surface area (Å²) in [5.41, 5.74) is 1.09. The van der Waals surface area contributed by atoms with Crippen LogP contribution in [0.4, 0.5) is 0 Å². The zero-order chi connectivity index (χ0) is 14.4. The van der Waals surface area contributed by atoms with E-state index >= 15 is 0 Å². The van der Waals surface area contributed by atoms with Gasteiger partial charge in [0, 0.05) is 18.8 Å². The van der Waals surface area contributed by atoms with Crippen LogP contribution in [0.3, 0.4) is 0 Å². The van der Waals surface area contributed by atoms with E-state index in [4.69, 9.17) is 4.74 Å². The van der Waals surface area contributed by atoms with Crippen LogP contribution in [0, 0.1) is 0 Å². The van der Waals surface area contributed by atoms with Crippen LogP contribution in [0.15, 0.2) is 36.5 Å². The van der Waals surface area contributed by atoms with Crippen molar-refractivity contribution in [3.05, 3.63) is 47.9 Å². The van der Waals surface area contributed by atoms with E-state index in [0.717, 1.165) is 12.1 Å². The fourth-order valence-electron chi connectivity index (χ4n) is 1.63. The highest BCUT2D eigenvalue weighted by Crippen LogP contribution is 2.20. The first-order valence-corrected chi connectivity index (χ1v) is 6.05. The summed E-state index contributed by atoms with van der Waals surface area (Å²) in [7, 11) is 3.15. The molecule has 0 aliphatic heterocycles. The third-order valence-corrected chi connectivity index (χ3v) is 2.50. The second-order valence-electron chi connectivity index (χ2n) is 3.99.